The molecule has 4 aliphatic heterocycles. The second-order valence-electron chi connectivity index (χ2n) is 25.4. The van der Waals surface area contributed by atoms with Gasteiger partial charge in [0, 0.05) is 44.4 Å². The van der Waals surface area contributed by atoms with Crippen molar-refractivity contribution in [3.05, 3.63) is 200 Å². The van der Waals surface area contributed by atoms with E-state index in [1.165, 1.54) is 32.9 Å². The number of para-hydroxylation sites is 2. The first-order valence-electron chi connectivity index (χ1n) is 31.8. The summed E-state index contributed by atoms with van der Waals surface area (Å²) >= 11 is 25.6. The maximum Gasteiger partial charge on any atom is 0.253 e. The van der Waals surface area contributed by atoms with Crippen molar-refractivity contribution in [1.29, 1.82) is 0 Å². The zero-order valence-electron chi connectivity index (χ0n) is 51.6. The number of amides is 2. The highest BCUT2D eigenvalue weighted by molar-refractivity contribution is 7.94. The molecule has 6 aromatic rings. The Morgan fingerprint density at radius 3 is 1.18 bits per heavy atom. The Bertz CT molecular complexity index is 3960. The van der Waals surface area contributed by atoms with Crippen molar-refractivity contribution in [2.75, 3.05) is 34.8 Å². The van der Waals surface area contributed by atoms with E-state index in [0.717, 1.165) is 59.4 Å². The van der Waals surface area contributed by atoms with Crippen LogP contribution in [0.1, 0.15) is 125 Å². The first-order valence-corrected chi connectivity index (χ1v) is 36.4. The van der Waals surface area contributed by atoms with Crippen molar-refractivity contribution >= 4 is 113 Å². The maximum absolute atomic E-state index is 15.4. The fourth-order valence-corrected chi connectivity index (χ4v) is 17.8. The van der Waals surface area contributed by atoms with Gasteiger partial charge in [-0.05, 0) is 172 Å². The number of aliphatic imine (C=N–C) groups is 4. The molecular formula is C70H70Cl4F2N8O8S2. The average Bonchev–Trinajstić information content (AvgIpc) is 1.74. The fraction of sp³-hybridized carbons (Fsp3) is 0.400. The zero-order chi connectivity index (χ0) is 65.7. The SMILES string of the molecule is CC1=NCC(C[C@@H]2O[C@H](c3cccc(Cl)c3)[C@@H](c3ccc(Cl)cc3)N([C@H](CN(c3ccccc3F)S(=O)(=O)C3CC3)C3CC3)C2=O)=N1.CC1=NCC(C[C@H]2O[C@H](c3cccc(Cl)c3)[C@@H](c3ccc(Cl)cc3)N([C@H](CN(c3ccccc3F)S(=O)(=O)C3CC3)C3CC3)C2=O)=N1. The molecule has 94 heavy (non-hydrogen) atoms. The number of morpholine rings is 2. The molecule has 24 heteroatoms. The summed E-state index contributed by atoms with van der Waals surface area (Å²) in [5.74, 6) is -0.499. The first kappa shape index (κ1) is 66.0. The molecule has 0 spiro atoms. The molecule has 4 aliphatic carbocycles. The average molecular weight is 1400 g/mol. The Kier molecular flexibility index (Phi) is 19.3. The lowest BCUT2D eigenvalue weighted by Crippen LogP contribution is -2.59. The van der Waals surface area contributed by atoms with Crippen molar-refractivity contribution in [1.82, 2.24) is 9.80 Å². The van der Waals surface area contributed by atoms with Crippen LogP contribution in [0.3, 0.4) is 0 Å². The van der Waals surface area contributed by atoms with E-state index in [9.17, 15) is 26.4 Å². The molecule has 492 valence electrons. The molecule has 2 saturated heterocycles. The van der Waals surface area contributed by atoms with Crippen molar-refractivity contribution in [3.8, 4) is 0 Å². The van der Waals surface area contributed by atoms with Crippen LogP contribution in [0.15, 0.2) is 166 Å². The Balaban J connectivity index is 0.000000171. The van der Waals surface area contributed by atoms with Crippen molar-refractivity contribution in [2.24, 2.45) is 31.8 Å². The Morgan fingerprint density at radius 1 is 0.489 bits per heavy atom. The Morgan fingerprint density at radius 2 is 0.862 bits per heavy atom. The molecule has 16 nitrogen and oxygen atoms in total. The lowest BCUT2D eigenvalue weighted by Gasteiger charge is -2.49. The van der Waals surface area contributed by atoms with Crippen LogP contribution >= 0.6 is 46.4 Å². The highest BCUT2D eigenvalue weighted by atomic mass is 35.5. The van der Waals surface area contributed by atoms with Gasteiger partial charge in [-0.3, -0.25) is 28.2 Å². The van der Waals surface area contributed by atoms with Gasteiger partial charge in [0.2, 0.25) is 20.0 Å². The molecule has 2 amide bonds. The van der Waals surface area contributed by atoms with Gasteiger partial charge in [-0.15, -0.1) is 0 Å². The van der Waals surface area contributed by atoms with E-state index >= 15 is 8.78 Å². The normalized spacial score (nSPS) is 23.8. The summed E-state index contributed by atoms with van der Waals surface area (Å²) in [4.78, 5) is 51.2. The summed E-state index contributed by atoms with van der Waals surface area (Å²) in [6.45, 7) is 4.23. The highest BCUT2D eigenvalue weighted by Crippen LogP contribution is 2.52. The number of anilines is 2. The number of ether oxygens (including phenoxy) is 2. The molecule has 8 aliphatic rings. The summed E-state index contributed by atoms with van der Waals surface area (Å²) in [6.07, 6.45) is 2.64. The van der Waals surface area contributed by atoms with Crippen molar-refractivity contribution < 1.29 is 44.7 Å². The molecule has 6 aromatic carbocycles. The zero-order valence-corrected chi connectivity index (χ0v) is 56.3. The van der Waals surface area contributed by atoms with Gasteiger partial charge in [0.1, 0.15) is 47.7 Å². The van der Waals surface area contributed by atoms with E-state index in [1.807, 2.05) is 84.3 Å². The number of sulfonamides is 2. The number of hydrogen-bond donors (Lipinski definition) is 0. The molecule has 4 heterocycles. The summed E-state index contributed by atoms with van der Waals surface area (Å²) in [5.41, 5.74) is 4.55. The van der Waals surface area contributed by atoms with E-state index in [0.29, 0.717) is 70.5 Å². The van der Waals surface area contributed by atoms with Crippen molar-refractivity contribution in [2.45, 2.75) is 137 Å². The van der Waals surface area contributed by atoms with E-state index in [-0.39, 0.29) is 61.0 Å². The number of rotatable bonds is 22. The van der Waals surface area contributed by atoms with Gasteiger partial charge >= 0.3 is 0 Å². The number of carbonyl (C=O) groups is 2. The van der Waals surface area contributed by atoms with Crippen LogP contribution in [0, 0.1) is 23.5 Å². The van der Waals surface area contributed by atoms with Crippen LogP contribution in [0.5, 0.6) is 0 Å². The largest absolute Gasteiger partial charge is 0.358 e. The minimum atomic E-state index is -3.90. The van der Waals surface area contributed by atoms with E-state index in [4.69, 9.17) is 55.9 Å². The molecule has 6 fully saturated rings. The molecule has 8 atom stereocenters. The minimum absolute atomic E-state index is 0.00517. The van der Waals surface area contributed by atoms with Gasteiger partial charge < -0.3 is 19.3 Å². The van der Waals surface area contributed by atoms with Gasteiger partial charge in [-0.25, -0.2) is 35.6 Å². The smallest absolute Gasteiger partial charge is 0.253 e. The molecule has 0 radical (unpaired) electrons. The lowest BCUT2D eigenvalue weighted by molar-refractivity contribution is -0.179. The van der Waals surface area contributed by atoms with Crippen molar-refractivity contribution in [3.63, 3.8) is 0 Å². The van der Waals surface area contributed by atoms with Crippen LogP contribution in [-0.4, -0.2) is 123 Å². The third-order valence-corrected chi connectivity index (χ3v) is 24.1. The lowest BCUT2D eigenvalue weighted by atomic mass is 9.88. The summed E-state index contributed by atoms with van der Waals surface area (Å²) in [6, 6.07) is 38.7. The summed E-state index contributed by atoms with van der Waals surface area (Å²) < 4.78 is 103. The molecular weight excluding hydrogens is 1320 g/mol. The fourth-order valence-electron chi connectivity index (χ4n) is 13.4. The molecule has 0 bridgehead atoms. The van der Waals surface area contributed by atoms with E-state index in [1.54, 1.807) is 60.7 Å². The van der Waals surface area contributed by atoms with Crippen LogP contribution < -0.4 is 8.61 Å². The van der Waals surface area contributed by atoms with E-state index < -0.39 is 90.8 Å². The van der Waals surface area contributed by atoms with Gasteiger partial charge in [0.25, 0.3) is 11.8 Å². The van der Waals surface area contributed by atoms with Gasteiger partial charge in [0.05, 0.1) is 72.2 Å². The quantitative estimate of drug-likeness (QED) is 0.0643. The number of nitrogens with zero attached hydrogens (tertiary/aromatic N) is 8. The minimum Gasteiger partial charge on any atom is -0.358 e. The Labute approximate surface area is 566 Å². The van der Waals surface area contributed by atoms with Gasteiger partial charge in [-0.1, -0.05) is 119 Å². The first-order chi connectivity index (χ1) is 45.2. The molecule has 0 unspecified atom stereocenters. The molecule has 0 N–H and O–H groups in total. The second-order valence-corrected chi connectivity index (χ2v) is 31.5. The summed E-state index contributed by atoms with van der Waals surface area (Å²) in [5, 5.41) is 0.954. The number of benzene rings is 6. The number of halogens is 6. The van der Waals surface area contributed by atoms with Crippen LogP contribution in [0.4, 0.5) is 20.2 Å². The standard InChI is InChI=1S/2C35H35Cl2FN4O4S/c2*1-21-39-19-27(40-21)18-32-35(43)42(33(23-11-13-25(36)14-12-23)34(46-32)24-5-4-6-26(37)17-24)31(22-9-10-22)20-41(47(44,45)28-15-16-28)30-8-3-2-7-29(30)38/h2*2-8,11-14,17,22,28,31-34H,9-10,15-16,18-20H2,1H3/t31-,32+,33-,34-;31-,32-,33-,34-/m11/s1. The van der Waals surface area contributed by atoms with E-state index in [2.05, 4.69) is 20.0 Å². The number of amidine groups is 2. The molecule has 4 saturated carbocycles. The monoisotopic (exact) mass is 1390 g/mol. The molecule has 0 aromatic heterocycles. The Hall–Kier alpha value is -6.62. The summed E-state index contributed by atoms with van der Waals surface area (Å²) in [7, 11) is -7.81. The van der Waals surface area contributed by atoms with Crippen LogP contribution in [0.2, 0.25) is 20.1 Å². The third kappa shape index (κ3) is 14.4. The highest BCUT2D eigenvalue weighted by Gasteiger charge is 2.55. The maximum atomic E-state index is 15.4. The topological polar surface area (TPSA) is 183 Å². The third-order valence-electron chi connectivity index (χ3n) is 18.6. The second kappa shape index (κ2) is 27.5. The van der Waals surface area contributed by atoms with Crippen LogP contribution in [-0.2, 0) is 39.1 Å². The molecule has 14 rings (SSSR count). The number of carbonyl (C=O) groups excluding carboxylic acids is 2. The predicted octanol–water partition coefficient (Wildman–Crippen LogP) is 14.4. The van der Waals surface area contributed by atoms with Gasteiger partial charge in [0.15, 0.2) is 0 Å². The number of hydrogen-bond acceptors (Lipinski definition) is 12. The predicted molar refractivity (Wildman–Crippen MR) is 365 cm³/mol. The van der Waals surface area contributed by atoms with Crippen LogP contribution in [0.25, 0.3) is 0 Å². The van der Waals surface area contributed by atoms with Gasteiger partial charge in [-0.2, -0.15) is 0 Å².